The summed E-state index contributed by atoms with van der Waals surface area (Å²) in [7, 11) is 6.80. The molecule has 0 aromatic carbocycles. The van der Waals surface area contributed by atoms with Gasteiger partial charge in [-0.1, -0.05) is 0 Å². The van der Waals surface area contributed by atoms with Crippen LogP contribution in [0.4, 0.5) is 0 Å². The average molecular weight is 169 g/mol. The van der Waals surface area contributed by atoms with Crippen LogP contribution in [0.15, 0.2) is 0 Å². The summed E-state index contributed by atoms with van der Waals surface area (Å²) in [5.74, 6) is 0. The van der Waals surface area contributed by atoms with Gasteiger partial charge in [0.15, 0.2) is 0 Å². The van der Waals surface area contributed by atoms with Crippen molar-refractivity contribution in [2.24, 2.45) is 0 Å². The van der Waals surface area contributed by atoms with Gasteiger partial charge in [0.1, 0.15) is 0 Å². The molecule has 5 heteroatoms. The van der Waals surface area contributed by atoms with Crippen LogP contribution in [0.3, 0.4) is 0 Å². The summed E-state index contributed by atoms with van der Waals surface area (Å²) < 4.78 is 11.7. The van der Waals surface area contributed by atoms with E-state index >= 15 is 0 Å². The third-order valence-electron chi connectivity index (χ3n) is 0.951. The molecule has 0 saturated carbocycles. The molecule has 3 nitrogen and oxygen atoms in total. The maximum absolute atomic E-state index is 5.02. The zero-order valence-electron chi connectivity index (χ0n) is 6.12. The fraction of sp³-hybridized carbons (Fsp3) is 1.00. The number of hydrogen-bond donors (Lipinski definition) is 0. The number of hydrogen-bond acceptors (Lipinski definition) is 3. The van der Waals surface area contributed by atoms with Gasteiger partial charge < -0.3 is 9.05 Å². The Hall–Kier alpha value is 0.530. The smallest absolute Gasteiger partial charge is 0.262 e. The summed E-state index contributed by atoms with van der Waals surface area (Å²) in [6.45, 7) is -2.09. The fourth-order valence-electron chi connectivity index (χ4n) is 0.401. The highest BCUT2D eigenvalue weighted by atomic mass is 32.5. The topological polar surface area (TPSA) is 21.7 Å². The zero-order valence-corrected chi connectivity index (χ0v) is 7.83. The van der Waals surface area contributed by atoms with E-state index in [2.05, 4.69) is 0 Å². The number of rotatable bonds is 3. The molecule has 0 aliphatic rings. The lowest BCUT2D eigenvalue weighted by atomic mass is 11.3. The third-order valence-corrected chi connectivity index (χ3v) is 4.73. The molecule has 0 radical (unpaired) electrons. The Bertz CT molecular complexity index is 120. The molecule has 0 aromatic rings. The predicted molar refractivity (Wildman–Crippen MR) is 42.0 cm³/mol. The van der Waals surface area contributed by atoms with Crippen molar-refractivity contribution in [1.29, 1.82) is 0 Å². The monoisotopic (exact) mass is 169 g/mol. The summed E-state index contributed by atoms with van der Waals surface area (Å²) in [5.41, 5.74) is 0. The van der Waals surface area contributed by atoms with Crippen LogP contribution in [0.1, 0.15) is 0 Å². The lowest BCUT2D eigenvalue weighted by Gasteiger charge is -2.23. The second-order valence-corrected chi connectivity index (χ2v) is 5.53. The molecule has 0 heterocycles. The molecule has 9 heavy (non-hydrogen) atoms. The van der Waals surface area contributed by atoms with Crippen molar-refractivity contribution >= 4 is 18.4 Å². The van der Waals surface area contributed by atoms with Gasteiger partial charge in [-0.2, -0.15) is 0 Å². The molecule has 56 valence electrons. The Morgan fingerprint density at radius 3 is 1.56 bits per heavy atom. The van der Waals surface area contributed by atoms with Gasteiger partial charge in [-0.3, -0.25) is 0 Å². The van der Waals surface area contributed by atoms with Crippen LogP contribution in [-0.4, -0.2) is 33.0 Å². The van der Waals surface area contributed by atoms with E-state index in [0.29, 0.717) is 0 Å². The minimum absolute atomic E-state index is 1.56. The van der Waals surface area contributed by atoms with Gasteiger partial charge in [0, 0.05) is 14.2 Å². The molecule has 0 rings (SSSR count). The van der Waals surface area contributed by atoms with E-state index in [4.69, 9.17) is 20.9 Å². The first-order valence-corrected chi connectivity index (χ1v) is 5.05. The first-order valence-electron chi connectivity index (χ1n) is 2.46. The fourth-order valence-corrected chi connectivity index (χ4v) is 1.20. The molecular weight excluding hydrogens is 157 g/mol. The van der Waals surface area contributed by atoms with Crippen molar-refractivity contribution in [3.8, 4) is 0 Å². The van der Waals surface area contributed by atoms with E-state index in [-0.39, 0.29) is 0 Å². The van der Waals surface area contributed by atoms with Crippen LogP contribution in [0.5, 0.6) is 0 Å². The highest BCUT2D eigenvalue weighted by molar-refractivity contribution is 8.08. The van der Waals surface area contributed by atoms with Crippen molar-refractivity contribution in [3.63, 3.8) is 0 Å². The molecule has 0 amide bonds. The molecule has 0 fully saturated rings. The lowest BCUT2D eigenvalue weighted by molar-refractivity contribution is 0.294. The molecule has 0 N–H and O–H groups in total. The first kappa shape index (κ1) is 9.53. The zero-order chi connectivity index (χ0) is 7.49. The highest BCUT2D eigenvalue weighted by Crippen LogP contribution is 2.48. The average Bonchev–Trinajstić information content (AvgIpc) is 1.86. The summed E-state index contributed by atoms with van der Waals surface area (Å²) in [6, 6.07) is 0. The van der Waals surface area contributed by atoms with Gasteiger partial charge >= 0.3 is 0 Å². The minimum atomic E-state index is -2.09. The van der Waals surface area contributed by atoms with Crippen LogP contribution in [0, 0.1) is 0 Å². The summed E-state index contributed by atoms with van der Waals surface area (Å²) in [5, 5.41) is 0. The van der Waals surface area contributed by atoms with Crippen LogP contribution in [0.2, 0.25) is 0 Å². The molecule has 0 bridgehead atoms. The van der Waals surface area contributed by atoms with Crippen molar-refractivity contribution in [3.05, 3.63) is 0 Å². The Kier molecular flexibility index (Phi) is 3.85. The van der Waals surface area contributed by atoms with Crippen LogP contribution in [-0.2, 0) is 20.9 Å². The van der Waals surface area contributed by atoms with Crippen LogP contribution < -0.4 is 0 Å². The summed E-state index contributed by atoms with van der Waals surface area (Å²) in [6.07, 6.45) is 0. The van der Waals surface area contributed by atoms with Crippen molar-refractivity contribution < 1.29 is 9.05 Å². The van der Waals surface area contributed by atoms with Gasteiger partial charge in [-0.05, 0) is 25.9 Å². The van der Waals surface area contributed by atoms with Gasteiger partial charge in [-0.15, -0.1) is 0 Å². The van der Waals surface area contributed by atoms with Crippen molar-refractivity contribution in [1.82, 2.24) is 4.67 Å². The van der Waals surface area contributed by atoms with E-state index in [0.717, 1.165) is 0 Å². The van der Waals surface area contributed by atoms with Gasteiger partial charge in [0.2, 0.25) is 0 Å². The van der Waals surface area contributed by atoms with Crippen LogP contribution >= 0.6 is 6.64 Å². The maximum Gasteiger partial charge on any atom is 0.262 e. The van der Waals surface area contributed by atoms with Crippen molar-refractivity contribution in [2.75, 3.05) is 28.3 Å². The Balaban J connectivity index is 4.11. The lowest BCUT2D eigenvalue weighted by Crippen LogP contribution is -2.10. The molecule has 0 atom stereocenters. The van der Waals surface area contributed by atoms with E-state index in [9.17, 15) is 0 Å². The first-order chi connectivity index (χ1) is 4.06. The maximum atomic E-state index is 5.02. The van der Waals surface area contributed by atoms with E-state index < -0.39 is 6.64 Å². The molecule has 0 saturated heterocycles. The Morgan fingerprint density at radius 2 is 1.56 bits per heavy atom. The van der Waals surface area contributed by atoms with Gasteiger partial charge in [-0.25, -0.2) is 4.67 Å². The van der Waals surface area contributed by atoms with Crippen molar-refractivity contribution in [2.45, 2.75) is 0 Å². The molecule has 0 aromatic heterocycles. The Morgan fingerprint density at radius 1 is 1.22 bits per heavy atom. The molecule has 0 aliphatic carbocycles. The summed E-state index contributed by atoms with van der Waals surface area (Å²) >= 11 is 5.02. The van der Waals surface area contributed by atoms with Crippen LogP contribution in [0.25, 0.3) is 0 Å². The molecule has 0 aliphatic heterocycles. The molecule has 0 unspecified atom stereocenters. The summed E-state index contributed by atoms with van der Waals surface area (Å²) in [4.78, 5) is 0. The van der Waals surface area contributed by atoms with Gasteiger partial charge in [0.05, 0.1) is 0 Å². The van der Waals surface area contributed by atoms with E-state index in [1.165, 1.54) is 0 Å². The van der Waals surface area contributed by atoms with E-state index in [1.807, 2.05) is 14.1 Å². The third kappa shape index (κ3) is 2.32. The Labute approximate surface area is 61.2 Å². The normalized spacial score (nSPS) is 12.6. The minimum Gasteiger partial charge on any atom is -0.321 e. The molecular formula is C4H12NO2PS. The molecule has 0 spiro atoms. The quantitative estimate of drug-likeness (QED) is 0.589. The predicted octanol–water partition coefficient (Wildman–Crippen LogP) is 1.07. The van der Waals surface area contributed by atoms with E-state index in [1.54, 1.807) is 18.9 Å². The SMILES string of the molecule is COP(=S)(OC)N(C)C. The number of nitrogens with zero attached hydrogens (tertiary/aromatic N) is 1. The second-order valence-electron chi connectivity index (χ2n) is 1.68. The highest BCUT2D eigenvalue weighted by Gasteiger charge is 2.17. The van der Waals surface area contributed by atoms with Gasteiger partial charge in [0.25, 0.3) is 6.64 Å². The second kappa shape index (κ2) is 3.64. The largest absolute Gasteiger partial charge is 0.321 e. The standard InChI is InChI=1S/C4H12NO2PS/c1-5(2)8(9,6-3)7-4/h1-4H3.